The first-order valence-electron chi connectivity index (χ1n) is 7.85. The average molecular weight is 386 g/mol. The molecule has 0 aliphatic heterocycles. The molecular weight excluding hydrogens is 373 g/mol. The fourth-order valence-corrected chi connectivity index (χ4v) is 3.56. The van der Waals surface area contributed by atoms with Crippen LogP contribution in [0.25, 0.3) is 16.2 Å². The summed E-state index contributed by atoms with van der Waals surface area (Å²) < 4.78 is 14.8. The van der Waals surface area contributed by atoms with Crippen LogP contribution in [0.15, 0.2) is 60.1 Å². The molecule has 26 heavy (non-hydrogen) atoms. The van der Waals surface area contributed by atoms with Crippen molar-refractivity contribution in [2.24, 2.45) is 0 Å². The van der Waals surface area contributed by atoms with E-state index in [0.717, 1.165) is 11.1 Å². The Morgan fingerprint density at radius 1 is 1.15 bits per heavy atom. The van der Waals surface area contributed by atoms with Crippen molar-refractivity contribution >= 4 is 33.8 Å². The highest BCUT2D eigenvalue weighted by Crippen LogP contribution is 2.24. The van der Waals surface area contributed by atoms with E-state index in [0.29, 0.717) is 27.9 Å². The zero-order chi connectivity index (χ0) is 18.1. The molecule has 1 N–H and O–H groups in total. The van der Waals surface area contributed by atoms with E-state index in [-0.39, 0.29) is 11.7 Å². The van der Waals surface area contributed by atoms with E-state index in [4.69, 9.17) is 11.6 Å². The number of thiazole rings is 1. The minimum absolute atomic E-state index is 0.186. The number of amides is 1. The number of nitrogens with zero attached hydrogens (tertiary/aromatic N) is 2. The molecule has 4 rings (SSSR count). The number of nitrogens with one attached hydrogen (secondary N) is 1. The second-order valence-electron chi connectivity index (χ2n) is 5.72. The van der Waals surface area contributed by atoms with E-state index in [1.165, 1.54) is 23.5 Å². The SMILES string of the molecule is O=C(NCc1ccc(Cl)cc1)c1csc2nc(-c3ccc(F)cc3)cn12. The number of aromatic nitrogens is 2. The molecule has 130 valence electrons. The van der Waals surface area contributed by atoms with Crippen molar-refractivity contribution in [1.29, 1.82) is 0 Å². The summed E-state index contributed by atoms with van der Waals surface area (Å²) in [6.45, 7) is 0.410. The van der Waals surface area contributed by atoms with Crippen LogP contribution < -0.4 is 5.32 Å². The van der Waals surface area contributed by atoms with Crippen molar-refractivity contribution < 1.29 is 9.18 Å². The van der Waals surface area contributed by atoms with Gasteiger partial charge in [0, 0.05) is 28.7 Å². The van der Waals surface area contributed by atoms with Gasteiger partial charge in [0.2, 0.25) is 0 Å². The van der Waals surface area contributed by atoms with Crippen LogP contribution in [0.3, 0.4) is 0 Å². The summed E-state index contributed by atoms with van der Waals surface area (Å²) in [6.07, 6.45) is 1.79. The summed E-state index contributed by atoms with van der Waals surface area (Å²) in [5, 5.41) is 5.33. The molecule has 2 aromatic carbocycles. The Bertz CT molecular complexity index is 1070. The average Bonchev–Trinajstić information content (AvgIpc) is 3.22. The second kappa shape index (κ2) is 6.90. The van der Waals surface area contributed by atoms with Gasteiger partial charge in [0.15, 0.2) is 4.96 Å². The van der Waals surface area contributed by atoms with Crippen molar-refractivity contribution in [3.8, 4) is 11.3 Å². The van der Waals surface area contributed by atoms with Crippen molar-refractivity contribution in [2.45, 2.75) is 6.54 Å². The lowest BCUT2D eigenvalue weighted by Crippen LogP contribution is -2.23. The van der Waals surface area contributed by atoms with Crippen LogP contribution in [0.4, 0.5) is 4.39 Å². The highest BCUT2D eigenvalue weighted by molar-refractivity contribution is 7.15. The van der Waals surface area contributed by atoms with Gasteiger partial charge in [0.25, 0.3) is 5.91 Å². The first-order valence-corrected chi connectivity index (χ1v) is 9.11. The predicted molar refractivity (Wildman–Crippen MR) is 101 cm³/mol. The largest absolute Gasteiger partial charge is 0.347 e. The van der Waals surface area contributed by atoms with E-state index in [2.05, 4.69) is 10.3 Å². The van der Waals surface area contributed by atoms with Gasteiger partial charge < -0.3 is 5.32 Å². The summed E-state index contributed by atoms with van der Waals surface area (Å²) in [5.74, 6) is -0.480. The Hall–Kier alpha value is -2.70. The van der Waals surface area contributed by atoms with Crippen molar-refractivity contribution in [2.75, 3.05) is 0 Å². The third-order valence-electron chi connectivity index (χ3n) is 3.95. The molecule has 0 unspecified atom stereocenters. The normalized spacial score (nSPS) is 11.0. The number of hydrogen-bond donors (Lipinski definition) is 1. The summed E-state index contributed by atoms with van der Waals surface area (Å²) in [4.78, 5) is 17.7. The second-order valence-corrected chi connectivity index (χ2v) is 6.99. The van der Waals surface area contributed by atoms with Gasteiger partial charge in [-0.15, -0.1) is 11.3 Å². The molecule has 1 amide bonds. The molecule has 2 heterocycles. The maximum absolute atomic E-state index is 13.1. The Morgan fingerprint density at radius 3 is 2.62 bits per heavy atom. The molecule has 4 nitrogen and oxygen atoms in total. The van der Waals surface area contributed by atoms with Crippen molar-refractivity contribution in [3.63, 3.8) is 0 Å². The first kappa shape index (κ1) is 16.8. The van der Waals surface area contributed by atoms with Gasteiger partial charge >= 0.3 is 0 Å². The molecule has 0 bridgehead atoms. The molecule has 0 aliphatic rings. The molecule has 0 spiro atoms. The maximum atomic E-state index is 13.1. The fourth-order valence-electron chi connectivity index (χ4n) is 2.58. The van der Waals surface area contributed by atoms with Crippen LogP contribution in [0.1, 0.15) is 16.1 Å². The minimum Gasteiger partial charge on any atom is -0.347 e. The number of rotatable bonds is 4. The lowest BCUT2D eigenvalue weighted by molar-refractivity contribution is 0.0945. The highest BCUT2D eigenvalue weighted by atomic mass is 35.5. The quantitative estimate of drug-likeness (QED) is 0.549. The topological polar surface area (TPSA) is 46.4 Å². The lowest BCUT2D eigenvalue weighted by Gasteiger charge is -2.04. The van der Waals surface area contributed by atoms with Gasteiger partial charge in [-0.05, 0) is 42.0 Å². The molecule has 0 fully saturated rings. The molecule has 0 atom stereocenters. The summed E-state index contributed by atoms with van der Waals surface area (Å²) in [6, 6.07) is 13.4. The summed E-state index contributed by atoms with van der Waals surface area (Å²) in [7, 11) is 0. The Labute approximate surface area is 157 Å². The van der Waals surface area contributed by atoms with E-state index in [1.54, 1.807) is 40.2 Å². The molecular formula is C19H13ClFN3OS. The van der Waals surface area contributed by atoms with Gasteiger partial charge in [-0.3, -0.25) is 9.20 Å². The molecule has 7 heteroatoms. The van der Waals surface area contributed by atoms with Crippen LogP contribution in [-0.4, -0.2) is 15.3 Å². The van der Waals surface area contributed by atoms with E-state index >= 15 is 0 Å². The number of carbonyl (C=O) groups is 1. The summed E-state index contributed by atoms with van der Waals surface area (Å²) >= 11 is 7.25. The van der Waals surface area contributed by atoms with Crippen LogP contribution in [0.5, 0.6) is 0 Å². The third kappa shape index (κ3) is 3.34. The number of halogens is 2. The zero-order valence-electron chi connectivity index (χ0n) is 13.4. The number of hydrogen-bond acceptors (Lipinski definition) is 3. The van der Waals surface area contributed by atoms with Gasteiger partial charge in [0.1, 0.15) is 11.5 Å². The van der Waals surface area contributed by atoms with Crippen LogP contribution in [0.2, 0.25) is 5.02 Å². The predicted octanol–water partition coefficient (Wildman–Crippen LogP) is 4.79. The van der Waals surface area contributed by atoms with Crippen molar-refractivity contribution in [3.05, 3.63) is 82.2 Å². The van der Waals surface area contributed by atoms with Gasteiger partial charge in [-0.25, -0.2) is 9.37 Å². The lowest BCUT2D eigenvalue weighted by atomic mass is 10.2. The Balaban J connectivity index is 1.55. The number of benzene rings is 2. The van der Waals surface area contributed by atoms with Crippen LogP contribution in [0, 0.1) is 5.82 Å². The van der Waals surface area contributed by atoms with Crippen molar-refractivity contribution in [1.82, 2.24) is 14.7 Å². The summed E-state index contributed by atoms with van der Waals surface area (Å²) in [5.41, 5.74) is 2.98. The van der Waals surface area contributed by atoms with E-state index in [1.807, 2.05) is 12.1 Å². The molecule has 2 aromatic heterocycles. The first-order chi connectivity index (χ1) is 12.6. The maximum Gasteiger partial charge on any atom is 0.269 e. The van der Waals surface area contributed by atoms with Crippen LogP contribution >= 0.6 is 22.9 Å². The Kier molecular flexibility index (Phi) is 4.44. The highest BCUT2D eigenvalue weighted by Gasteiger charge is 2.15. The van der Waals surface area contributed by atoms with Gasteiger partial charge in [-0.2, -0.15) is 0 Å². The minimum atomic E-state index is -0.294. The molecule has 0 saturated carbocycles. The van der Waals surface area contributed by atoms with E-state index in [9.17, 15) is 9.18 Å². The molecule has 0 radical (unpaired) electrons. The molecule has 0 saturated heterocycles. The third-order valence-corrected chi connectivity index (χ3v) is 5.04. The van der Waals surface area contributed by atoms with E-state index < -0.39 is 0 Å². The smallest absolute Gasteiger partial charge is 0.269 e. The Morgan fingerprint density at radius 2 is 1.88 bits per heavy atom. The fraction of sp³-hybridized carbons (Fsp3) is 0.0526. The standard InChI is InChI=1S/C19H13ClFN3OS/c20-14-5-1-12(2-6-14)9-22-18(25)17-11-26-19-23-16(10-24(17)19)13-3-7-15(21)8-4-13/h1-8,10-11H,9H2,(H,22,25). The van der Waals surface area contributed by atoms with Gasteiger partial charge in [0.05, 0.1) is 5.69 Å². The molecule has 0 aliphatic carbocycles. The number of fused-ring (bicyclic) bond motifs is 1. The monoisotopic (exact) mass is 385 g/mol. The number of imidazole rings is 1. The molecule has 4 aromatic rings. The number of carbonyl (C=O) groups excluding carboxylic acids is 1. The van der Waals surface area contributed by atoms with Crippen LogP contribution in [-0.2, 0) is 6.54 Å². The van der Waals surface area contributed by atoms with Gasteiger partial charge in [-0.1, -0.05) is 23.7 Å². The zero-order valence-corrected chi connectivity index (χ0v) is 15.0.